The van der Waals surface area contributed by atoms with E-state index in [1.54, 1.807) is 0 Å². The predicted octanol–water partition coefficient (Wildman–Crippen LogP) is 4.87. The highest BCUT2D eigenvalue weighted by Crippen LogP contribution is 2.23. The Morgan fingerprint density at radius 3 is 1.91 bits per heavy atom. The van der Waals surface area contributed by atoms with Gasteiger partial charge < -0.3 is 9.80 Å². The van der Waals surface area contributed by atoms with E-state index in [1.165, 1.54) is 22.5 Å². The van der Waals surface area contributed by atoms with E-state index in [1.807, 2.05) is 0 Å². The van der Waals surface area contributed by atoms with E-state index in [9.17, 15) is 0 Å². The Morgan fingerprint density at radius 1 is 0.864 bits per heavy atom. The molecular formula is C20H28N2. The van der Waals surface area contributed by atoms with E-state index in [-0.39, 0.29) is 0 Å². The molecule has 0 aliphatic heterocycles. The molecule has 0 saturated heterocycles. The molecule has 0 saturated carbocycles. The van der Waals surface area contributed by atoms with Crippen molar-refractivity contribution in [2.75, 3.05) is 23.9 Å². The number of aryl methyl sites for hydroxylation is 1. The highest BCUT2D eigenvalue weighted by Gasteiger charge is 2.13. The van der Waals surface area contributed by atoms with Gasteiger partial charge in [0.05, 0.1) is 0 Å². The van der Waals surface area contributed by atoms with Gasteiger partial charge in [0.1, 0.15) is 0 Å². The van der Waals surface area contributed by atoms with Gasteiger partial charge in [0.25, 0.3) is 0 Å². The molecule has 1 unspecified atom stereocenters. The predicted molar refractivity (Wildman–Crippen MR) is 97.9 cm³/mol. The molecule has 0 heterocycles. The summed E-state index contributed by atoms with van der Waals surface area (Å²) in [6.07, 6.45) is 1.14. The van der Waals surface area contributed by atoms with Gasteiger partial charge in [-0.15, -0.1) is 0 Å². The maximum absolute atomic E-state index is 2.49. The summed E-state index contributed by atoms with van der Waals surface area (Å²) >= 11 is 0. The van der Waals surface area contributed by atoms with Gasteiger partial charge in [-0.3, -0.25) is 0 Å². The summed E-state index contributed by atoms with van der Waals surface area (Å²) in [6, 6.07) is 18.2. The van der Waals surface area contributed by atoms with Crippen LogP contribution < -0.4 is 9.80 Å². The summed E-state index contributed by atoms with van der Waals surface area (Å²) in [4.78, 5) is 4.63. The Balaban J connectivity index is 2.21. The van der Waals surface area contributed by atoms with Crippen LogP contribution in [0.25, 0.3) is 0 Å². The van der Waals surface area contributed by atoms with Gasteiger partial charge in [-0.1, -0.05) is 36.8 Å². The maximum atomic E-state index is 2.49. The standard InChI is InChI=1S/C20H28N2/c1-6-17(3)22(20-11-7-16(2)8-12-20)15-18-9-13-19(14-10-18)21(4)5/h7-14,17H,6,15H2,1-5H3. The summed E-state index contributed by atoms with van der Waals surface area (Å²) in [5.41, 5.74) is 5.21. The second-order valence-corrected chi connectivity index (χ2v) is 6.28. The number of benzene rings is 2. The van der Waals surface area contributed by atoms with Crippen molar-refractivity contribution in [3.8, 4) is 0 Å². The number of anilines is 2. The molecule has 0 fully saturated rings. The largest absolute Gasteiger partial charge is 0.378 e. The van der Waals surface area contributed by atoms with Crippen molar-refractivity contribution in [3.05, 3.63) is 59.7 Å². The lowest BCUT2D eigenvalue weighted by Crippen LogP contribution is -2.32. The minimum atomic E-state index is 0.524. The first-order valence-electron chi connectivity index (χ1n) is 8.11. The van der Waals surface area contributed by atoms with Gasteiger partial charge in [0, 0.05) is 38.1 Å². The zero-order chi connectivity index (χ0) is 16.1. The lowest BCUT2D eigenvalue weighted by atomic mass is 10.1. The number of hydrogen-bond acceptors (Lipinski definition) is 2. The van der Waals surface area contributed by atoms with Crippen LogP contribution in [0.3, 0.4) is 0 Å². The molecule has 0 aliphatic carbocycles. The van der Waals surface area contributed by atoms with Crippen LogP contribution in [0.4, 0.5) is 11.4 Å². The van der Waals surface area contributed by atoms with Crippen LogP contribution in [0.1, 0.15) is 31.4 Å². The van der Waals surface area contributed by atoms with E-state index in [2.05, 4.69) is 93.2 Å². The molecule has 118 valence electrons. The summed E-state index contributed by atoms with van der Waals surface area (Å²) in [5, 5.41) is 0. The lowest BCUT2D eigenvalue weighted by molar-refractivity contribution is 0.614. The molecule has 2 aromatic rings. The molecule has 2 rings (SSSR count). The SMILES string of the molecule is CCC(C)N(Cc1ccc(N(C)C)cc1)c1ccc(C)cc1. The Bertz CT molecular complexity index is 570. The van der Waals surface area contributed by atoms with E-state index in [4.69, 9.17) is 0 Å². The molecule has 0 radical (unpaired) electrons. The topological polar surface area (TPSA) is 6.48 Å². The molecule has 2 nitrogen and oxygen atoms in total. The fraction of sp³-hybridized carbons (Fsp3) is 0.400. The van der Waals surface area contributed by atoms with E-state index in [0.717, 1.165) is 13.0 Å². The molecule has 0 amide bonds. The maximum Gasteiger partial charge on any atom is 0.0432 e. The minimum absolute atomic E-state index is 0.524. The van der Waals surface area contributed by atoms with Gasteiger partial charge >= 0.3 is 0 Å². The first kappa shape index (κ1) is 16.4. The van der Waals surface area contributed by atoms with Gasteiger partial charge in [0.2, 0.25) is 0 Å². The third-order valence-electron chi connectivity index (χ3n) is 4.29. The quantitative estimate of drug-likeness (QED) is 0.750. The summed E-state index contributed by atoms with van der Waals surface area (Å²) in [7, 11) is 4.15. The van der Waals surface area contributed by atoms with Crippen molar-refractivity contribution in [1.29, 1.82) is 0 Å². The number of rotatable bonds is 6. The van der Waals surface area contributed by atoms with Crippen LogP contribution in [-0.4, -0.2) is 20.1 Å². The molecule has 0 bridgehead atoms. The fourth-order valence-corrected chi connectivity index (χ4v) is 2.55. The van der Waals surface area contributed by atoms with Crippen molar-refractivity contribution in [1.82, 2.24) is 0 Å². The second kappa shape index (κ2) is 7.35. The van der Waals surface area contributed by atoms with Crippen molar-refractivity contribution in [3.63, 3.8) is 0 Å². The molecule has 0 spiro atoms. The van der Waals surface area contributed by atoms with Crippen molar-refractivity contribution in [2.24, 2.45) is 0 Å². The van der Waals surface area contributed by atoms with E-state index >= 15 is 0 Å². The Morgan fingerprint density at radius 2 is 1.41 bits per heavy atom. The van der Waals surface area contributed by atoms with Crippen LogP contribution in [-0.2, 0) is 6.54 Å². The van der Waals surface area contributed by atoms with Crippen molar-refractivity contribution < 1.29 is 0 Å². The Kier molecular flexibility index (Phi) is 5.48. The smallest absolute Gasteiger partial charge is 0.0432 e. The highest BCUT2D eigenvalue weighted by atomic mass is 15.2. The normalized spacial score (nSPS) is 12.0. The highest BCUT2D eigenvalue weighted by molar-refractivity contribution is 5.50. The monoisotopic (exact) mass is 296 g/mol. The van der Waals surface area contributed by atoms with Crippen LogP contribution in [0.2, 0.25) is 0 Å². The zero-order valence-electron chi connectivity index (χ0n) is 14.5. The Labute approximate surface area is 135 Å². The lowest BCUT2D eigenvalue weighted by Gasteiger charge is -2.31. The first-order valence-corrected chi connectivity index (χ1v) is 8.11. The Hall–Kier alpha value is -1.96. The van der Waals surface area contributed by atoms with Crippen LogP contribution in [0, 0.1) is 6.92 Å². The van der Waals surface area contributed by atoms with Crippen LogP contribution >= 0.6 is 0 Å². The molecule has 2 aromatic carbocycles. The van der Waals surface area contributed by atoms with Gasteiger partial charge in [-0.2, -0.15) is 0 Å². The summed E-state index contributed by atoms with van der Waals surface area (Å²) in [5.74, 6) is 0. The average Bonchev–Trinajstić information content (AvgIpc) is 2.53. The number of hydrogen-bond donors (Lipinski definition) is 0. The fourth-order valence-electron chi connectivity index (χ4n) is 2.55. The summed E-state index contributed by atoms with van der Waals surface area (Å²) in [6.45, 7) is 7.64. The van der Waals surface area contributed by atoms with Crippen molar-refractivity contribution >= 4 is 11.4 Å². The molecule has 2 heteroatoms. The minimum Gasteiger partial charge on any atom is -0.378 e. The molecule has 1 atom stereocenters. The van der Waals surface area contributed by atoms with Gasteiger partial charge in [-0.25, -0.2) is 0 Å². The first-order chi connectivity index (χ1) is 10.5. The van der Waals surface area contributed by atoms with Crippen LogP contribution in [0.15, 0.2) is 48.5 Å². The second-order valence-electron chi connectivity index (χ2n) is 6.28. The molecule has 0 N–H and O–H groups in total. The summed E-state index contributed by atoms with van der Waals surface area (Å²) < 4.78 is 0. The zero-order valence-corrected chi connectivity index (χ0v) is 14.5. The van der Waals surface area contributed by atoms with E-state index < -0.39 is 0 Å². The van der Waals surface area contributed by atoms with Gasteiger partial charge in [-0.05, 0) is 50.1 Å². The van der Waals surface area contributed by atoms with Gasteiger partial charge in [0.15, 0.2) is 0 Å². The third-order valence-corrected chi connectivity index (χ3v) is 4.29. The molecule has 0 aliphatic rings. The number of nitrogens with zero attached hydrogens (tertiary/aromatic N) is 2. The van der Waals surface area contributed by atoms with E-state index in [0.29, 0.717) is 6.04 Å². The third kappa shape index (κ3) is 4.03. The average molecular weight is 296 g/mol. The molecule has 0 aromatic heterocycles. The van der Waals surface area contributed by atoms with Crippen LogP contribution in [0.5, 0.6) is 0 Å². The molecule has 22 heavy (non-hydrogen) atoms. The van der Waals surface area contributed by atoms with Crippen molar-refractivity contribution in [2.45, 2.75) is 39.8 Å². The molecular weight excluding hydrogens is 268 g/mol.